The van der Waals surface area contributed by atoms with Crippen molar-refractivity contribution in [3.63, 3.8) is 0 Å². The molecule has 0 bridgehead atoms. The Hall–Kier alpha value is -0.830. The second-order valence-electron chi connectivity index (χ2n) is 4.62. The Morgan fingerprint density at radius 3 is 2.93 bits per heavy atom. The van der Waals surface area contributed by atoms with Gasteiger partial charge in [0.25, 0.3) is 0 Å². The van der Waals surface area contributed by atoms with Gasteiger partial charge in [0.15, 0.2) is 0 Å². The predicted molar refractivity (Wildman–Crippen MR) is 61.5 cm³/mol. The van der Waals surface area contributed by atoms with Gasteiger partial charge in [-0.25, -0.2) is 0 Å². The van der Waals surface area contributed by atoms with E-state index in [0.717, 1.165) is 13.0 Å². The molecule has 0 amide bonds. The standard InChI is InChI=1S/C12H21N3/c1-2-15-9-10(8-14-15)7-11-5-3-4-6-12(11)13/h8-9,11-12H,2-7,13H2,1H3. The number of nitrogens with zero attached hydrogens (tertiary/aromatic N) is 2. The molecule has 1 aliphatic rings. The van der Waals surface area contributed by atoms with E-state index in [0.29, 0.717) is 12.0 Å². The summed E-state index contributed by atoms with van der Waals surface area (Å²) in [7, 11) is 0. The average Bonchev–Trinajstić information content (AvgIpc) is 2.69. The lowest BCUT2D eigenvalue weighted by Crippen LogP contribution is -2.34. The van der Waals surface area contributed by atoms with E-state index in [1.165, 1.54) is 31.2 Å². The molecule has 0 aromatic carbocycles. The summed E-state index contributed by atoms with van der Waals surface area (Å²) in [6.07, 6.45) is 10.4. The Kier molecular flexibility index (Phi) is 3.41. The van der Waals surface area contributed by atoms with Gasteiger partial charge in [-0.05, 0) is 37.7 Å². The van der Waals surface area contributed by atoms with Crippen LogP contribution < -0.4 is 5.73 Å². The fraction of sp³-hybridized carbons (Fsp3) is 0.750. The molecule has 0 spiro atoms. The number of aromatic nitrogens is 2. The molecule has 1 aromatic rings. The number of nitrogens with two attached hydrogens (primary N) is 1. The average molecular weight is 207 g/mol. The SMILES string of the molecule is CCn1cc(CC2CCCCC2N)cn1. The van der Waals surface area contributed by atoms with Gasteiger partial charge in [0.05, 0.1) is 6.20 Å². The summed E-state index contributed by atoms with van der Waals surface area (Å²) < 4.78 is 1.99. The van der Waals surface area contributed by atoms with Crippen LogP contribution in [0.1, 0.15) is 38.2 Å². The Balaban J connectivity index is 1.95. The van der Waals surface area contributed by atoms with Crippen LogP contribution >= 0.6 is 0 Å². The highest BCUT2D eigenvalue weighted by molar-refractivity contribution is 5.06. The van der Waals surface area contributed by atoms with Crippen molar-refractivity contribution < 1.29 is 0 Å². The lowest BCUT2D eigenvalue weighted by Gasteiger charge is -2.28. The van der Waals surface area contributed by atoms with E-state index in [4.69, 9.17) is 5.73 Å². The summed E-state index contributed by atoms with van der Waals surface area (Å²) in [5, 5.41) is 4.30. The zero-order valence-corrected chi connectivity index (χ0v) is 9.52. The molecule has 2 N–H and O–H groups in total. The Labute approximate surface area is 91.7 Å². The molecule has 1 aliphatic carbocycles. The summed E-state index contributed by atoms with van der Waals surface area (Å²) in [4.78, 5) is 0. The molecule has 2 unspecified atom stereocenters. The lowest BCUT2D eigenvalue weighted by atomic mass is 9.82. The third kappa shape index (κ3) is 2.59. The van der Waals surface area contributed by atoms with Crippen molar-refractivity contribution >= 4 is 0 Å². The Morgan fingerprint density at radius 2 is 2.27 bits per heavy atom. The normalized spacial score (nSPS) is 26.8. The van der Waals surface area contributed by atoms with E-state index < -0.39 is 0 Å². The van der Waals surface area contributed by atoms with Gasteiger partial charge in [0.1, 0.15) is 0 Å². The van der Waals surface area contributed by atoms with Gasteiger partial charge in [0, 0.05) is 18.8 Å². The molecule has 84 valence electrons. The van der Waals surface area contributed by atoms with Crippen LogP contribution in [0.5, 0.6) is 0 Å². The van der Waals surface area contributed by atoms with E-state index in [1.807, 2.05) is 10.9 Å². The van der Waals surface area contributed by atoms with E-state index >= 15 is 0 Å². The van der Waals surface area contributed by atoms with Gasteiger partial charge in [-0.1, -0.05) is 12.8 Å². The maximum atomic E-state index is 6.14. The number of aryl methyl sites for hydroxylation is 1. The zero-order valence-electron chi connectivity index (χ0n) is 9.52. The first-order valence-corrected chi connectivity index (χ1v) is 6.06. The highest BCUT2D eigenvalue weighted by Crippen LogP contribution is 2.25. The Morgan fingerprint density at radius 1 is 1.47 bits per heavy atom. The minimum Gasteiger partial charge on any atom is -0.327 e. The molecular weight excluding hydrogens is 186 g/mol. The molecule has 0 saturated heterocycles. The van der Waals surface area contributed by atoms with Crippen molar-refractivity contribution in [1.82, 2.24) is 9.78 Å². The van der Waals surface area contributed by atoms with Crippen LogP contribution in [0.25, 0.3) is 0 Å². The van der Waals surface area contributed by atoms with Gasteiger partial charge >= 0.3 is 0 Å². The van der Waals surface area contributed by atoms with Crippen molar-refractivity contribution in [1.29, 1.82) is 0 Å². The highest BCUT2D eigenvalue weighted by Gasteiger charge is 2.22. The molecule has 2 rings (SSSR count). The molecular formula is C12H21N3. The van der Waals surface area contributed by atoms with Crippen LogP contribution in [0.4, 0.5) is 0 Å². The van der Waals surface area contributed by atoms with E-state index in [-0.39, 0.29) is 0 Å². The quantitative estimate of drug-likeness (QED) is 0.823. The first-order valence-electron chi connectivity index (χ1n) is 6.06. The molecule has 1 fully saturated rings. The monoisotopic (exact) mass is 207 g/mol. The summed E-state index contributed by atoms with van der Waals surface area (Å²) in [6.45, 7) is 3.07. The van der Waals surface area contributed by atoms with E-state index in [1.54, 1.807) is 0 Å². The second kappa shape index (κ2) is 4.79. The maximum Gasteiger partial charge on any atom is 0.0521 e. The van der Waals surface area contributed by atoms with Crippen LogP contribution in [0.3, 0.4) is 0 Å². The second-order valence-corrected chi connectivity index (χ2v) is 4.62. The topological polar surface area (TPSA) is 43.8 Å². The van der Waals surface area contributed by atoms with Crippen LogP contribution in [0.2, 0.25) is 0 Å². The minimum absolute atomic E-state index is 0.406. The first-order chi connectivity index (χ1) is 7.29. The number of hydrogen-bond acceptors (Lipinski definition) is 2. The third-order valence-corrected chi connectivity index (χ3v) is 3.48. The number of hydrogen-bond donors (Lipinski definition) is 1. The molecule has 15 heavy (non-hydrogen) atoms. The lowest BCUT2D eigenvalue weighted by molar-refractivity contribution is 0.306. The summed E-state index contributed by atoms with van der Waals surface area (Å²) in [5.41, 5.74) is 7.49. The van der Waals surface area contributed by atoms with Gasteiger partial charge < -0.3 is 5.73 Å². The molecule has 1 saturated carbocycles. The van der Waals surface area contributed by atoms with Crippen molar-refractivity contribution in [2.75, 3.05) is 0 Å². The van der Waals surface area contributed by atoms with E-state index in [9.17, 15) is 0 Å². The third-order valence-electron chi connectivity index (χ3n) is 3.48. The molecule has 3 heteroatoms. The molecule has 2 atom stereocenters. The number of rotatable bonds is 3. The van der Waals surface area contributed by atoms with Crippen LogP contribution in [0.15, 0.2) is 12.4 Å². The van der Waals surface area contributed by atoms with Gasteiger partial charge in [-0.2, -0.15) is 5.10 Å². The first kappa shape index (κ1) is 10.7. The highest BCUT2D eigenvalue weighted by atomic mass is 15.3. The van der Waals surface area contributed by atoms with Crippen molar-refractivity contribution in [3.8, 4) is 0 Å². The molecule has 1 aromatic heterocycles. The van der Waals surface area contributed by atoms with Crippen LogP contribution in [0, 0.1) is 5.92 Å². The molecule has 0 radical (unpaired) electrons. The van der Waals surface area contributed by atoms with Gasteiger partial charge in [0.2, 0.25) is 0 Å². The van der Waals surface area contributed by atoms with Crippen LogP contribution in [-0.4, -0.2) is 15.8 Å². The minimum atomic E-state index is 0.406. The van der Waals surface area contributed by atoms with Gasteiger partial charge in [-0.15, -0.1) is 0 Å². The van der Waals surface area contributed by atoms with Crippen molar-refractivity contribution in [3.05, 3.63) is 18.0 Å². The largest absolute Gasteiger partial charge is 0.327 e. The summed E-state index contributed by atoms with van der Waals surface area (Å²) in [5.74, 6) is 0.674. The summed E-state index contributed by atoms with van der Waals surface area (Å²) in [6, 6.07) is 0.406. The molecule has 3 nitrogen and oxygen atoms in total. The summed E-state index contributed by atoms with van der Waals surface area (Å²) >= 11 is 0. The fourth-order valence-electron chi connectivity index (χ4n) is 2.48. The van der Waals surface area contributed by atoms with Crippen LogP contribution in [-0.2, 0) is 13.0 Å². The molecule has 0 aliphatic heterocycles. The fourth-order valence-corrected chi connectivity index (χ4v) is 2.48. The van der Waals surface area contributed by atoms with Crippen molar-refractivity contribution in [2.24, 2.45) is 11.7 Å². The van der Waals surface area contributed by atoms with Gasteiger partial charge in [-0.3, -0.25) is 4.68 Å². The molecule has 1 heterocycles. The smallest absolute Gasteiger partial charge is 0.0521 e. The maximum absolute atomic E-state index is 6.14. The Bertz CT molecular complexity index is 306. The van der Waals surface area contributed by atoms with E-state index in [2.05, 4.69) is 18.2 Å². The zero-order chi connectivity index (χ0) is 10.7. The van der Waals surface area contributed by atoms with Crippen molar-refractivity contribution in [2.45, 2.75) is 51.6 Å². The predicted octanol–water partition coefficient (Wildman–Crippen LogP) is 1.96.